The Hall–Kier alpha value is -4.27. The average molecular weight is 559 g/mol. The average Bonchev–Trinajstić information content (AvgIpc) is 3.28. The molecule has 0 fully saturated rings. The van der Waals surface area contributed by atoms with E-state index < -0.39 is 14.1 Å². The normalized spacial score (nSPS) is 15.0. The first-order valence-electron chi connectivity index (χ1n) is 13.2. The van der Waals surface area contributed by atoms with E-state index in [4.69, 9.17) is 9.84 Å². The highest BCUT2D eigenvalue weighted by atomic mass is 28.3. The van der Waals surface area contributed by atoms with Crippen LogP contribution in [0.4, 0.5) is 10.5 Å². The number of fused-ring (bicyclic) bond motifs is 1. The molecule has 40 heavy (non-hydrogen) atoms. The van der Waals surface area contributed by atoms with Crippen LogP contribution in [0.3, 0.4) is 0 Å². The van der Waals surface area contributed by atoms with Crippen molar-refractivity contribution in [2.45, 2.75) is 39.5 Å². The zero-order chi connectivity index (χ0) is 29.3. The lowest BCUT2D eigenvalue weighted by molar-refractivity contribution is 0.0779. The lowest BCUT2D eigenvalue weighted by Crippen LogP contribution is -2.40. The number of aryl methyl sites for hydroxylation is 1. The van der Waals surface area contributed by atoms with Gasteiger partial charge >= 0.3 is 6.03 Å². The number of hydrazone groups is 1. The number of likely N-dealkylation sites (N-methyl/N-ethyl adjacent to an activating group) is 1. The van der Waals surface area contributed by atoms with E-state index in [1.807, 2.05) is 39.2 Å². The van der Waals surface area contributed by atoms with Crippen molar-refractivity contribution in [1.29, 1.82) is 5.26 Å². The number of amides is 2. The molecule has 0 bridgehead atoms. The van der Waals surface area contributed by atoms with Gasteiger partial charge in [-0.25, -0.2) is 9.79 Å². The van der Waals surface area contributed by atoms with Crippen molar-refractivity contribution < 1.29 is 9.53 Å². The van der Waals surface area contributed by atoms with Crippen LogP contribution in [-0.2, 0) is 11.8 Å². The minimum absolute atomic E-state index is 0.0396. The Morgan fingerprint density at radius 2 is 2.10 bits per heavy atom. The van der Waals surface area contributed by atoms with E-state index in [9.17, 15) is 10.1 Å². The van der Waals surface area contributed by atoms with Gasteiger partial charge in [0.1, 0.15) is 24.3 Å². The lowest BCUT2D eigenvalue weighted by Gasteiger charge is -2.26. The highest BCUT2D eigenvalue weighted by molar-refractivity contribution is 6.76. The summed E-state index contributed by atoms with van der Waals surface area (Å²) in [6.45, 7) is 15.8. The van der Waals surface area contributed by atoms with Gasteiger partial charge in [-0.1, -0.05) is 32.3 Å². The Bertz CT molecular complexity index is 1440. The third-order valence-corrected chi connectivity index (χ3v) is 7.49. The summed E-state index contributed by atoms with van der Waals surface area (Å²) in [5.74, 6) is 0.673. The van der Waals surface area contributed by atoms with Crippen molar-refractivity contribution in [2.75, 3.05) is 24.9 Å². The van der Waals surface area contributed by atoms with E-state index in [0.29, 0.717) is 41.7 Å². The lowest BCUT2D eigenvalue weighted by atomic mass is 10.2. The SMILES string of the molecule is C=C1N=C(NCC)C=C/C1=N/N(C(=O)N(/C=C(C#N)\C=C\C)COCC[Si](C)(C)C)c1ccc2nn(C)cc2c1. The molecular weight excluding hydrogens is 520 g/mol. The zero-order valence-electron chi connectivity index (χ0n) is 24.2. The molecule has 2 amide bonds. The summed E-state index contributed by atoms with van der Waals surface area (Å²) in [5.41, 5.74) is 2.46. The molecule has 0 saturated carbocycles. The number of rotatable bonds is 10. The summed E-state index contributed by atoms with van der Waals surface area (Å²) < 4.78 is 7.65. The Morgan fingerprint density at radius 3 is 2.75 bits per heavy atom. The molecule has 2 heterocycles. The van der Waals surface area contributed by atoms with Crippen LogP contribution in [0.2, 0.25) is 25.7 Å². The van der Waals surface area contributed by atoms with Gasteiger partial charge in [-0.3, -0.25) is 9.58 Å². The fourth-order valence-corrected chi connectivity index (χ4v) is 4.48. The monoisotopic (exact) mass is 558 g/mol. The number of aliphatic imine (C=N–C) groups is 1. The molecule has 1 aromatic carbocycles. The van der Waals surface area contributed by atoms with E-state index in [1.165, 1.54) is 16.1 Å². The molecule has 2 aromatic rings. The first-order valence-corrected chi connectivity index (χ1v) is 16.9. The van der Waals surface area contributed by atoms with Crippen LogP contribution in [0.25, 0.3) is 10.9 Å². The molecule has 1 aliphatic heterocycles. The largest absolute Gasteiger partial charge is 0.370 e. The molecule has 0 saturated heterocycles. The quantitative estimate of drug-likeness (QED) is 0.103. The summed E-state index contributed by atoms with van der Waals surface area (Å²) in [7, 11) is 0.504. The van der Waals surface area contributed by atoms with Gasteiger partial charge < -0.3 is 10.1 Å². The molecule has 0 unspecified atom stereocenters. The smallest absolute Gasteiger partial charge is 0.351 e. The van der Waals surface area contributed by atoms with Crippen LogP contribution < -0.4 is 10.3 Å². The van der Waals surface area contributed by atoms with E-state index in [-0.39, 0.29) is 6.73 Å². The van der Waals surface area contributed by atoms with Gasteiger partial charge in [-0.05, 0) is 56.3 Å². The molecule has 0 aliphatic carbocycles. The Balaban J connectivity index is 2.05. The van der Waals surface area contributed by atoms with Crippen molar-refractivity contribution in [3.63, 3.8) is 0 Å². The standard InChI is InChI=1S/C29H38N8O2Si/c1-8-10-23(18-30)19-36(21-39-15-16-40(5,6)7)29(38)37(25-11-12-27-24(17-25)20-35(4)33-27)34-26-13-14-28(31-9-2)32-22(26)3/h8,10-14,17,19-20H,3,9,15-16,21H2,1-2,4-7H3,(H,31,32)/b10-8+,23-19+,34-26-. The highest BCUT2D eigenvalue weighted by Gasteiger charge is 2.25. The topological polar surface area (TPSA) is 111 Å². The minimum Gasteiger partial charge on any atom is -0.370 e. The minimum atomic E-state index is -1.34. The molecule has 1 aliphatic rings. The van der Waals surface area contributed by atoms with Gasteiger partial charge in [0.05, 0.1) is 22.5 Å². The number of nitrogens with one attached hydrogen (secondary N) is 1. The Morgan fingerprint density at radius 1 is 1.32 bits per heavy atom. The summed E-state index contributed by atoms with van der Waals surface area (Å²) >= 11 is 0. The van der Waals surface area contributed by atoms with Gasteiger partial charge in [-0.2, -0.15) is 20.5 Å². The number of hydrogen-bond acceptors (Lipinski definition) is 7. The Kier molecular flexibility index (Phi) is 10.4. The van der Waals surface area contributed by atoms with E-state index in [0.717, 1.165) is 16.9 Å². The fourth-order valence-electron chi connectivity index (χ4n) is 3.72. The van der Waals surface area contributed by atoms with Crippen LogP contribution in [0, 0.1) is 11.3 Å². The molecule has 0 atom stereocenters. The number of aromatic nitrogens is 2. The van der Waals surface area contributed by atoms with E-state index >= 15 is 0 Å². The van der Waals surface area contributed by atoms with Crippen molar-refractivity contribution in [2.24, 2.45) is 17.1 Å². The molecule has 1 aromatic heterocycles. The molecule has 0 spiro atoms. The summed E-state index contributed by atoms with van der Waals surface area (Å²) in [6, 6.07) is 8.04. The summed E-state index contributed by atoms with van der Waals surface area (Å²) in [5, 5.41) is 24.1. The summed E-state index contributed by atoms with van der Waals surface area (Å²) in [6.07, 6.45) is 10.3. The number of amidine groups is 1. The number of nitrogens with zero attached hydrogens (tertiary/aromatic N) is 7. The molecule has 3 rings (SSSR count). The van der Waals surface area contributed by atoms with Gasteiger partial charge in [0.15, 0.2) is 0 Å². The number of nitriles is 1. The van der Waals surface area contributed by atoms with Crippen LogP contribution in [0.15, 0.2) is 82.8 Å². The van der Waals surface area contributed by atoms with Crippen molar-refractivity contribution >= 4 is 42.2 Å². The fraction of sp³-hybridized carbons (Fsp3) is 0.345. The summed E-state index contributed by atoms with van der Waals surface area (Å²) in [4.78, 5) is 20.0. The maximum Gasteiger partial charge on any atom is 0.351 e. The molecule has 10 nitrogen and oxygen atoms in total. The van der Waals surface area contributed by atoms with Crippen LogP contribution >= 0.6 is 0 Å². The van der Waals surface area contributed by atoms with E-state index in [1.54, 1.807) is 35.1 Å². The van der Waals surface area contributed by atoms with Gasteiger partial charge in [-0.15, -0.1) is 0 Å². The van der Waals surface area contributed by atoms with Gasteiger partial charge in [0.25, 0.3) is 0 Å². The Labute approximate surface area is 237 Å². The predicted octanol–water partition coefficient (Wildman–Crippen LogP) is 5.55. The van der Waals surface area contributed by atoms with Crippen LogP contribution in [-0.4, -0.2) is 60.2 Å². The number of allylic oxidation sites excluding steroid dienone is 4. The van der Waals surface area contributed by atoms with Gasteiger partial charge in [0, 0.05) is 46.1 Å². The second kappa shape index (κ2) is 13.7. The number of ether oxygens (including phenoxy) is 1. The number of benzene rings is 1. The zero-order valence-corrected chi connectivity index (χ0v) is 25.2. The number of dihydropyridines is 1. The molecule has 1 N–H and O–H groups in total. The maximum atomic E-state index is 14.2. The third-order valence-electron chi connectivity index (χ3n) is 5.79. The third kappa shape index (κ3) is 8.36. The van der Waals surface area contributed by atoms with Gasteiger partial charge in [0.2, 0.25) is 0 Å². The first kappa shape index (κ1) is 30.3. The maximum absolute atomic E-state index is 14.2. The number of urea groups is 1. The van der Waals surface area contributed by atoms with E-state index in [2.05, 4.69) is 47.7 Å². The molecule has 11 heteroatoms. The second-order valence-electron chi connectivity index (χ2n) is 10.4. The van der Waals surface area contributed by atoms with Crippen LogP contribution in [0.5, 0.6) is 0 Å². The van der Waals surface area contributed by atoms with Crippen molar-refractivity contribution in [1.82, 2.24) is 20.0 Å². The number of hydrogen-bond donors (Lipinski definition) is 1. The van der Waals surface area contributed by atoms with Crippen LogP contribution in [0.1, 0.15) is 13.8 Å². The molecular formula is C29H38N8O2Si. The number of carbonyl (C=O) groups excluding carboxylic acids is 1. The number of carbonyl (C=O) groups is 1. The molecule has 0 radical (unpaired) electrons. The predicted molar refractivity (Wildman–Crippen MR) is 165 cm³/mol. The van der Waals surface area contributed by atoms with Crippen molar-refractivity contribution in [3.8, 4) is 6.07 Å². The first-order chi connectivity index (χ1) is 19.0. The van der Waals surface area contributed by atoms with Crippen molar-refractivity contribution in [3.05, 3.63) is 72.7 Å². The molecule has 210 valence electrons. The number of anilines is 1. The highest BCUT2D eigenvalue weighted by Crippen LogP contribution is 2.24. The second-order valence-corrected chi connectivity index (χ2v) is 16.1.